The monoisotopic (exact) mass is 791 g/mol. The predicted molar refractivity (Wildman–Crippen MR) is 258 cm³/mol. The lowest BCUT2D eigenvalue weighted by atomic mass is 9.79. The summed E-state index contributed by atoms with van der Waals surface area (Å²) in [6, 6.07) is 60.7. The van der Waals surface area contributed by atoms with Gasteiger partial charge in [-0.25, -0.2) is 0 Å². The normalized spacial score (nSPS) is 16.2. The summed E-state index contributed by atoms with van der Waals surface area (Å²) in [5, 5.41) is 5.14. The summed E-state index contributed by atoms with van der Waals surface area (Å²) in [7, 11) is 0. The van der Waals surface area contributed by atoms with Gasteiger partial charge in [-0.3, -0.25) is 0 Å². The number of anilines is 3. The van der Waals surface area contributed by atoms with Gasteiger partial charge >= 0.3 is 0 Å². The maximum Gasteiger partial charge on any atom is 0.0618 e. The molecule has 1 fully saturated rings. The lowest BCUT2D eigenvalue weighted by molar-refractivity contribution is 0.443. The van der Waals surface area contributed by atoms with Crippen molar-refractivity contribution in [1.29, 1.82) is 0 Å². The largest absolute Gasteiger partial charge is 0.309 e. The Labute approximate surface area is 358 Å². The Balaban J connectivity index is 1.10. The minimum Gasteiger partial charge on any atom is -0.309 e. The Bertz CT molecular complexity index is 3210. The van der Waals surface area contributed by atoms with Gasteiger partial charge in [0, 0.05) is 53.3 Å². The summed E-state index contributed by atoms with van der Waals surface area (Å²) in [4.78, 5) is 2.59. The molecular weight excluding hydrogens is 743 g/mol. The highest BCUT2D eigenvalue weighted by Gasteiger charge is 2.38. The number of fused-ring (bicyclic) bond motifs is 10. The molecule has 0 amide bonds. The molecule has 0 aliphatic heterocycles. The van der Waals surface area contributed by atoms with E-state index in [2.05, 4.69) is 190 Å². The molecule has 0 radical (unpaired) electrons. The van der Waals surface area contributed by atoms with Crippen molar-refractivity contribution in [2.24, 2.45) is 0 Å². The van der Waals surface area contributed by atoms with E-state index in [-0.39, 0.29) is 10.8 Å². The van der Waals surface area contributed by atoms with Gasteiger partial charge in [-0.1, -0.05) is 168 Å². The fourth-order valence-corrected chi connectivity index (χ4v) is 12.6. The molecule has 1 heterocycles. The maximum atomic E-state index is 2.59. The first-order chi connectivity index (χ1) is 29.3. The smallest absolute Gasteiger partial charge is 0.0618 e. The van der Waals surface area contributed by atoms with Crippen LogP contribution in [0.15, 0.2) is 158 Å². The van der Waals surface area contributed by atoms with Gasteiger partial charge < -0.3 is 4.90 Å². The van der Waals surface area contributed by atoms with Crippen molar-refractivity contribution < 1.29 is 0 Å². The van der Waals surface area contributed by atoms with Gasteiger partial charge in [0.2, 0.25) is 0 Å². The molecule has 2 heteroatoms. The van der Waals surface area contributed by atoms with Crippen LogP contribution in [0.5, 0.6) is 0 Å². The minimum absolute atomic E-state index is 0.0700. The zero-order valence-corrected chi connectivity index (χ0v) is 35.8. The summed E-state index contributed by atoms with van der Waals surface area (Å²) in [6.45, 7) is 9.66. The van der Waals surface area contributed by atoms with E-state index in [9.17, 15) is 0 Å². The molecule has 3 aliphatic rings. The number of thiophene rings is 1. The first-order valence-electron chi connectivity index (χ1n) is 22.0. The Morgan fingerprint density at radius 1 is 0.450 bits per heavy atom. The van der Waals surface area contributed by atoms with Crippen LogP contribution in [-0.2, 0) is 10.8 Å². The molecule has 8 aromatic carbocycles. The van der Waals surface area contributed by atoms with E-state index in [0.717, 1.165) is 0 Å². The quantitative estimate of drug-likeness (QED) is 0.168. The van der Waals surface area contributed by atoms with Crippen molar-refractivity contribution in [2.45, 2.75) is 76.5 Å². The molecule has 0 saturated heterocycles. The molecule has 9 aromatic rings. The second-order valence-electron chi connectivity index (χ2n) is 18.7. The van der Waals surface area contributed by atoms with Gasteiger partial charge in [0.05, 0.1) is 5.69 Å². The molecule has 1 aromatic heterocycles. The van der Waals surface area contributed by atoms with Crippen LogP contribution in [0.3, 0.4) is 0 Å². The summed E-state index contributed by atoms with van der Waals surface area (Å²) < 4.78 is 2.65. The second kappa shape index (κ2) is 13.3. The summed E-state index contributed by atoms with van der Waals surface area (Å²) in [5.41, 5.74) is 18.5. The van der Waals surface area contributed by atoms with E-state index in [1.807, 2.05) is 11.3 Å². The van der Waals surface area contributed by atoms with Crippen LogP contribution in [0.4, 0.5) is 17.1 Å². The fraction of sp³-hybridized carbons (Fsp3) is 0.207. The molecule has 0 N–H and O–H groups in total. The summed E-state index contributed by atoms with van der Waals surface area (Å²) in [5.74, 6) is 0.682. The Kier molecular flexibility index (Phi) is 7.95. The molecule has 292 valence electrons. The van der Waals surface area contributed by atoms with E-state index >= 15 is 0 Å². The minimum atomic E-state index is -0.133. The van der Waals surface area contributed by atoms with Crippen LogP contribution in [0.2, 0.25) is 0 Å². The molecular formula is C58H49NS. The molecule has 1 nitrogen and oxygen atoms in total. The SMILES string of the molecule is CC1(C)c2ccccc2-c2cc(N(c3ccc4c(c3)C(C)(C)c3cc(C5CCCCC5)ccc3-4)c3c(-c4ccc5c(c4)sc4ccccc45)ccc4ccccc34)ccc21. The number of rotatable bonds is 5. The molecule has 0 atom stereocenters. The molecule has 3 aliphatic carbocycles. The van der Waals surface area contributed by atoms with Crippen LogP contribution < -0.4 is 4.90 Å². The average molecular weight is 792 g/mol. The van der Waals surface area contributed by atoms with Crippen molar-refractivity contribution in [3.05, 3.63) is 186 Å². The molecule has 0 bridgehead atoms. The van der Waals surface area contributed by atoms with Crippen LogP contribution in [0.1, 0.15) is 93.5 Å². The highest BCUT2D eigenvalue weighted by Crippen LogP contribution is 2.55. The Morgan fingerprint density at radius 3 is 1.95 bits per heavy atom. The van der Waals surface area contributed by atoms with Crippen LogP contribution >= 0.6 is 11.3 Å². The van der Waals surface area contributed by atoms with E-state index in [1.54, 1.807) is 0 Å². The topological polar surface area (TPSA) is 3.24 Å². The summed E-state index contributed by atoms with van der Waals surface area (Å²) >= 11 is 1.89. The lowest BCUT2D eigenvalue weighted by Crippen LogP contribution is -2.18. The Hall–Kier alpha value is -5.96. The van der Waals surface area contributed by atoms with Crippen molar-refractivity contribution in [2.75, 3.05) is 4.90 Å². The summed E-state index contributed by atoms with van der Waals surface area (Å²) in [6.07, 6.45) is 6.72. The maximum absolute atomic E-state index is 2.59. The van der Waals surface area contributed by atoms with E-state index in [1.165, 1.54) is 141 Å². The zero-order valence-electron chi connectivity index (χ0n) is 35.0. The first kappa shape index (κ1) is 35.9. The highest BCUT2D eigenvalue weighted by atomic mass is 32.1. The number of nitrogens with zero attached hydrogens (tertiary/aromatic N) is 1. The van der Waals surface area contributed by atoms with Gasteiger partial charge in [0.25, 0.3) is 0 Å². The predicted octanol–water partition coefficient (Wildman–Crippen LogP) is 17.0. The van der Waals surface area contributed by atoms with E-state index < -0.39 is 0 Å². The molecule has 1 saturated carbocycles. The number of hydrogen-bond donors (Lipinski definition) is 0. The molecule has 0 spiro atoms. The average Bonchev–Trinajstić information content (AvgIpc) is 3.85. The second-order valence-corrected chi connectivity index (χ2v) is 19.8. The zero-order chi connectivity index (χ0) is 40.3. The lowest BCUT2D eigenvalue weighted by Gasteiger charge is -2.31. The molecule has 0 unspecified atom stereocenters. The van der Waals surface area contributed by atoms with Crippen LogP contribution in [0, 0.1) is 0 Å². The van der Waals surface area contributed by atoms with Crippen LogP contribution in [-0.4, -0.2) is 0 Å². The molecule has 60 heavy (non-hydrogen) atoms. The highest BCUT2D eigenvalue weighted by molar-refractivity contribution is 7.25. The number of hydrogen-bond acceptors (Lipinski definition) is 2. The van der Waals surface area contributed by atoms with Crippen LogP contribution in [0.25, 0.3) is 64.3 Å². The van der Waals surface area contributed by atoms with Gasteiger partial charge in [0.15, 0.2) is 0 Å². The van der Waals surface area contributed by atoms with Gasteiger partial charge in [-0.2, -0.15) is 0 Å². The third-order valence-electron chi connectivity index (χ3n) is 14.7. The third-order valence-corrected chi connectivity index (χ3v) is 15.8. The Morgan fingerprint density at radius 2 is 1.08 bits per heavy atom. The fourth-order valence-electron chi connectivity index (χ4n) is 11.4. The standard InChI is InChI=1S/C58H49NS/c1-57(2)50-20-12-10-18-44(50)49-34-40(26-31-51(49)57)59(41-25-30-46-45-28-23-38(36-14-6-5-7-15-36)32-52(45)58(3,4)53(46)35-41)56-42-17-9-8-16-37(42)22-27-43(56)39-24-29-48-47-19-11-13-21-54(47)60-55(48)33-39/h8-13,16-36H,5-7,14-15H2,1-4H3. The number of benzene rings is 8. The van der Waals surface area contributed by atoms with E-state index in [4.69, 9.17) is 0 Å². The van der Waals surface area contributed by atoms with E-state index in [0.29, 0.717) is 5.92 Å². The van der Waals surface area contributed by atoms with Gasteiger partial charge in [-0.05, 0) is 116 Å². The first-order valence-corrected chi connectivity index (χ1v) is 22.8. The van der Waals surface area contributed by atoms with Gasteiger partial charge in [0.1, 0.15) is 0 Å². The van der Waals surface area contributed by atoms with Crippen molar-refractivity contribution in [1.82, 2.24) is 0 Å². The third kappa shape index (κ3) is 5.29. The van der Waals surface area contributed by atoms with Gasteiger partial charge in [-0.15, -0.1) is 11.3 Å². The van der Waals surface area contributed by atoms with Crippen molar-refractivity contribution >= 4 is 59.3 Å². The molecule has 12 rings (SSSR count). The van der Waals surface area contributed by atoms with Crippen molar-refractivity contribution in [3.8, 4) is 33.4 Å². The van der Waals surface area contributed by atoms with Crippen molar-refractivity contribution in [3.63, 3.8) is 0 Å².